The van der Waals surface area contributed by atoms with Crippen molar-refractivity contribution in [1.29, 1.82) is 0 Å². The topological polar surface area (TPSA) is 64.6 Å². The Bertz CT molecular complexity index is 585. The zero-order valence-corrected chi connectivity index (χ0v) is 12.1. The first-order chi connectivity index (χ1) is 9.62. The summed E-state index contributed by atoms with van der Waals surface area (Å²) < 4.78 is 34.0. The van der Waals surface area contributed by atoms with E-state index in [1.165, 1.54) is 0 Å². The fraction of sp³-hybridized carbons (Fsp3) is 0.571. The highest BCUT2D eigenvalue weighted by Crippen LogP contribution is 2.30. The Morgan fingerprint density at radius 3 is 2.75 bits per heavy atom. The molecule has 1 unspecified atom stereocenters. The first-order valence-corrected chi connectivity index (χ1v) is 8.77. The van der Waals surface area contributed by atoms with Crippen LogP contribution in [0.5, 0.6) is 11.5 Å². The molecule has 6 heteroatoms. The van der Waals surface area contributed by atoms with Gasteiger partial charge >= 0.3 is 0 Å². The van der Waals surface area contributed by atoms with E-state index in [4.69, 9.17) is 9.47 Å². The molecule has 0 saturated carbocycles. The van der Waals surface area contributed by atoms with Gasteiger partial charge in [0, 0.05) is 19.0 Å². The highest BCUT2D eigenvalue weighted by Gasteiger charge is 2.27. The highest BCUT2D eigenvalue weighted by molar-refractivity contribution is 7.91. The van der Waals surface area contributed by atoms with E-state index >= 15 is 0 Å². The maximum absolute atomic E-state index is 11.4. The molecular formula is C14H19NO4S. The lowest BCUT2D eigenvalue weighted by Crippen LogP contribution is -2.29. The number of benzene rings is 1. The van der Waals surface area contributed by atoms with Gasteiger partial charge in [0.2, 0.25) is 0 Å². The highest BCUT2D eigenvalue weighted by atomic mass is 32.2. The number of nitrogens with one attached hydrogen (secondary N) is 1. The molecule has 2 heterocycles. The summed E-state index contributed by atoms with van der Waals surface area (Å²) >= 11 is 0. The maximum Gasteiger partial charge on any atom is 0.161 e. The summed E-state index contributed by atoms with van der Waals surface area (Å²) in [6, 6.07) is 5.94. The second-order valence-corrected chi connectivity index (χ2v) is 7.54. The van der Waals surface area contributed by atoms with Gasteiger partial charge in [0.15, 0.2) is 21.3 Å². The summed E-state index contributed by atoms with van der Waals surface area (Å²) in [5.74, 6) is 2.11. The van der Waals surface area contributed by atoms with Crippen LogP contribution in [0.3, 0.4) is 0 Å². The summed E-state index contributed by atoms with van der Waals surface area (Å²) in [5.41, 5.74) is 1.08. The van der Waals surface area contributed by atoms with E-state index in [2.05, 4.69) is 5.32 Å². The fourth-order valence-corrected chi connectivity index (χ4v) is 4.24. The molecule has 3 rings (SSSR count). The third-order valence-electron chi connectivity index (χ3n) is 3.64. The number of sulfone groups is 1. The van der Waals surface area contributed by atoms with Gasteiger partial charge in [-0.25, -0.2) is 8.42 Å². The van der Waals surface area contributed by atoms with E-state index in [0.717, 1.165) is 23.5 Å². The Hall–Kier alpha value is -1.27. The Morgan fingerprint density at radius 2 is 2.00 bits per heavy atom. The monoisotopic (exact) mass is 297 g/mol. The van der Waals surface area contributed by atoms with E-state index < -0.39 is 9.84 Å². The zero-order valence-electron chi connectivity index (χ0n) is 11.3. The second kappa shape index (κ2) is 5.61. The summed E-state index contributed by atoms with van der Waals surface area (Å²) in [5, 5.41) is 3.30. The van der Waals surface area contributed by atoms with Crippen molar-refractivity contribution in [1.82, 2.24) is 5.32 Å². The Labute approximate surface area is 119 Å². The van der Waals surface area contributed by atoms with Crippen LogP contribution in [0, 0.1) is 0 Å². The molecule has 5 nitrogen and oxygen atoms in total. The minimum Gasteiger partial charge on any atom is -0.490 e. The molecule has 0 aliphatic carbocycles. The Kier molecular flexibility index (Phi) is 3.85. The molecule has 110 valence electrons. The van der Waals surface area contributed by atoms with Crippen molar-refractivity contribution in [2.45, 2.75) is 25.4 Å². The van der Waals surface area contributed by atoms with Crippen LogP contribution in [0.2, 0.25) is 0 Å². The van der Waals surface area contributed by atoms with Crippen molar-refractivity contribution in [2.24, 2.45) is 0 Å². The SMILES string of the molecule is O=S1(=O)CCC(NCc2ccc3c(c2)OCCCO3)C1. The number of hydrogen-bond donors (Lipinski definition) is 1. The van der Waals surface area contributed by atoms with Crippen molar-refractivity contribution in [2.75, 3.05) is 24.7 Å². The van der Waals surface area contributed by atoms with Gasteiger partial charge < -0.3 is 14.8 Å². The van der Waals surface area contributed by atoms with Gasteiger partial charge in [0.1, 0.15) is 0 Å². The van der Waals surface area contributed by atoms with Crippen LogP contribution in [-0.2, 0) is 16.4 Å². The van der Waals surface area contributed by atoms with Gasteiger partial charge in [-0.15, -0.1) is 0 Å². The van der Waals surface area contributed by atoms with Crippen LogP contribution >= 0.6 is 0 Å². The smallest absolute Gasteiger partial charge is 0.161 e. The quantitative estimate of drug-likeness (QED) is 0.906. The largest absolute Gasteiger partial charge is 0.490 e. The molecule has 1 N–H and O–H groups in total. The minimum atomic E-state index is -2.83. The van der Waals surface area contributed by atoms with Gasteiger partial charge in [-0.1, -0.05) is 6.07 Å². The molecule has 2 aliphatic heterocycles. The third-order valence-corrected chi connectivity index (χ3v) is 5.41. The third kappa shape index (κ3) is 3.24. The van der Waals surface area contributed by atoms with Crippen molar-refractivity contribution >= 4 is 9.84 Å². The van der Waals surface area contributed by atoms with Crippen LogP contribution in [-0.4, -0.2) is 39.2 Å². The number of rotatable bonds is 3. The Morgan fingerprint density at radius 1 is 1.20 bits per heavy atom. The fourth-order valence-electron chi connectivity index (χ4n) is 2.54. The molecule has 1 saturated heterocycles. The summed E-state index contributed by atoms with van der Waals surface area (Å²) in [7, 11) is -2.83. The lowest BCUT2D eigenvalue weighted by molar-refractivity contribution is 0.297. The van der Waals surface area contributed by atoms with E-state index in [0.29, 0.717) is 31.9 Å². The summed E-state index contributed by atoms with van der Waals surface area (Å²) in [4.78, 5) is 0. The van der Waals surface area contributed by atoms with E-state index in [-0.39, 0.29) is 11.8 Å². The van der Waals surface area contributed by atoms with Crippen molar-refractivity contribution in [3.8, 4) is 11.5 Å². The van der Waals surface area contributed by atoms with Crippen molar-refractivity contribution < 1.29 is 17.9 Å². The predicted octanol–water partition coefficient (Wildman–Crippen LogP) is 1.12. The lowest BCUT2D eigenvalue weighted by Gasteiger charge is -2.13. The number of hydrogen-bond acceptors (Lipinski definition) is 5. The molecule has 1 aromatic rings. The summed E-state index contributed by atoms with van der Waals surface area (Å²) in [6.07, 6.45) is 1.59. The van der Waals surface area contributed by atoms with Gasteiger partial charge in [-0.2, -0.15) is 0 Å². The van der Waals surface area contributed by atoms with Gasteiger partial charge in [0.05, 0.1) is 24.7 Å². The van der Waals surface area contributed by atoms with E-state index in [1.54, 1.807) is 0 Å². The number of ether oxygens (including phenoxy) is 2. The van der Waals surface area contributed by atoms with Crippen LogP contribution in [0.1, 0.15) is 18.4 Å². The molecule has 0 spiro atoms. The van der Waals surface area contributed by atoms with Gasteiger partial charge in [0.25, 0.3) is 0 Å². The van der Waals surface area contributed by atoms with Crippen molar-refractivity contribution in [3.05, 3.63) is 23.8 Å². The van der Waals surface area contributed by atoms with Gasteiger partial charge in [-0.05, 0) is 24.1 Å². The molecule has 0 aromatic heterocycles. The lowest BCUT2D eigenvalue weighted by atomic mass is 10.2. The normalized spacial score (nSPS) is 24.3. The molecule has 0 radical (unpaired) electrons. The van der Waals surface area contributed by atoms with Crippen LogP contribution in [0.25, 0.3) is 0 Å². The molecule has 20 heavy (non-hydrogen) atoms. The van der Waals surface area contributed by atoms with Crippen LogP contribution in [0.15, 0.2) is 18.2 Å². The minimum absolute atomic E-state index is 0.0657. The molecule has 2 aliphatic rings. The second-order valence-electron chi connectivity index (χ2n) is 5.31. The zero-order chi connectivity index (χ0) is 14.0. The summed E-state index contributed by atoms with van der Waals surface area (Å²) in [6.45, 7) is 2.01. The molecule has 1 fully saturated rings. The average Bonchev–Trinajstić information content (AvgIpc) is 2.63. The molecule has 0 amide bonds. The standard InChI is InChI=1S/C14H19NO4S/c16-20(17)7-4-12(10-20)15-9-11-2-3-13-14(8-11)19-6-1-5-18-13/h2-3,8,12,15H,1,4-7,9-10H2. The van der Waals surface area contributed by atoms with Gasteiger partial charge in [-0.3, -0.25) is 0 Å². The van der Waals surface area contributed by atoms with Crippen LogP contribution in [0.4, 0.5) is 0 Å². The molecule has 0 bridgehead atoms. The maximum atomic E-state index is 11.4. The van der Waals surface area contributed by atoms with E-state index in [1.807, 2.05) is 18.2 Å². The average molecular weight is 297 g/mol. The van der Waals surface area contributed by atoms with Crippen LogP contribution < -0.4 is 14.8 Å². The molecule has 1 atom stereocenters. The molecular weight excluding hydrogens is 278 g/mol. The predicted molar refractivity (Wildman–Crippen MR) is 75.9 cm³/mol. The molecule has 1 aromatic carbocycles. The Balaban J connectivity index is 1.62. The van der Waals surface area contributed by atoms with Crippen molar-refractivity contribution in [3.63, 3.8) is 0 Å². The first kappa shape index (κ1) is 13.7. The first-order valence-electron chi connectivity index (χ1n) is 6.95. The van der Waals surface area contributed by atoms with E-state index in [9.17, 15) is 8.42 Å². The number of fused-ring (bicyclic) bond motifs is 1.